The Morgan fingerprint density at radius 3 is 1.36 bits per heavy atom. The summed E-state index contributed by atoms with van der Waals surface area (Å²) >= 11 is 0. The molecule has 2 atom stereocenters. The lowest BCUT2D eigenvalue weighted by Gasteiger charge is -2.21. The quantitative estimate of drug-likeness (QED) is 0.392. The van der Waals surface area contributed by atoms with E-state index in [9.17, 15) is 48.0 Å². The molecule has 0 saturated heterocycles. The van der Waals surface area contributed by atoms with Crippen molar-refractivity contribution in [3.8, 4) is 11.5 Å². The molecule has 2 unspecified atom stereocenters. The first-order valence-electron chi connectivity index (χ1n) is 7.29. The maximum absolute atomic E-state index is 12.6. The number of benzene rings is 1. The molecule has 28 heavy (non-hydrogen) atoms. The number of hydrogen-bond acceptors (Lipinski definition) is 7. The van der Waals surface area contributed by atoms with Gasteiger partial charge in [0.25, 0.3) is 0 Å². The summed E-state index contributed by atoms with van der Waals surface area (Å²) in [6, 6.07) is 1.02. The number of fused-ring (bicyclic) bond motifs is 5. The van der Waals surface area contributed by atoms with E-state index < -0.39 is 71.5 Å². The van der Waals surface area contributed by atoms with Crippen LogP contribution in [0.15, 0.2) is 12.1 Å². The normalized spacial score (nSPS) is 22.3. The predicted molar refractivity (Wildman–Crippen MR) is 77.4 cm³/mol. The first-order valence-corrected chi connectivity index (χ1v) is 10.1. The second-order valence-corrected chi connectivity index (χ2v) is 9.02. The van der Waals surface area contributed by atoms with Crippen LogP contribution in [0.3, 0.4) is 0 Å². The summed E-state index contributed by atoms with van der Waals surface area (Å²) in [4.78, 5) is 12.2. The van der Waals surface area contributed by atoms with E-state index in [-0.39, 0.29) is 12.8 Å². The highest BCUT2D eigenvalue weighted by Gasteiger charge is 2.54. The fraction of sp³-hybridized carbons (Fsp3) is 0.462. The molecule has 2 bridgehead atoms. The molecule has 156 valence electrons. The molecule has 0 aliphatic heterocycles. The zero-order chi connectivity index (χ0) is 21.3. The number of ketones is 1. The Bertz CT molecular complexity index is 973. The summed E-state index contributed by atoms with van der Waals surface area (Å²) in [6.07, 6.45) is 0.156. The zero-order valence-electron chi connectivity index (χ0n) is 13.2. The largest absolute Gasteiger partial charge is 0.534 e. The van der Waals surface area contributed by atoms with Gasteiger partial charge in [0.2, 0.25) is 0 Å². The Morgan fingerprint density at radius 1 is 0.750 bits per heavy atom. The molecule has 1 aromatic carbocycles. The van der Waals surface area contributed by atoms with Gasteiger partial charge < -0.3 is 8.37 Å². The van der Waals surface area contributed by atoms with Crippen molar-refractivity contribution in [3.63, 3.8) is 0 Å². The van der Waals surface area contributed by atoms with Crippen LogP contribution in [-0.2, 0) is 25.0 Å². The lowest BCUT2D eigenvalue weighted by atomic mass is 9.90. The van der Waals surface area contributed by atoms with Crippen LogP contribution in [0.2, 0.25) is 0 Å². The third kappa shape index (κ3) is 3.09. The molecule has 1 fully saturated rings. The molecule has 3 rings (SSSR count). The van der Waals surface area contributed by atoms with Crippen LogP contribution in [0.25, 0.3) is 0 Å². The van der Waals surface area contributed by atoms with Gasteiger partial charge in [-0.2, -0.15) is 43.2 Å². The molecule has 0 spiro atoms. The first kappa shape index (κ1) is 20.7. The van der Waals surface area contributed by atoms with Gasteiger partial charge in [0.05, 0.1) is 0 Å². The summed E-state index contributed by atoms with van der Waals surface area (Å²) in [5, 5.41) is 0. The predicted octanol–water partition coefficient (Wildman–Crippen LogP) is 2.69. The Labute approximate surface area is 153 Å². The molecule has 1 aromatic rings. The maximum Gasteiger partial charge on any atom is 0.534 e. The minimum atomic E-state index is -6.13. The Morgan fingerprint density at radius 2 is 1.07 bits per heavy atom. The summed E-state index contributed by atoms with van der Waals surface area (Å²) in [5.41, 5.74) is -12.4. The van der Waals surface area contributed by atoms with Crippen molar-refractivity contribution in [2.24, 2.45) is 0 Å². The van der Waals surface area contributed by atoms with Gasteiger partial charge >= 0.3 is 31.3 Å². The number of rotatable bonds is 4. The van der Waals surface area contributed by atoms with E-state index in [2.05, 4.69) is 8.37 Å². The number of alkyl halides is 6. The number of carbonyl (C=O) groups excluding carboxylic acids is 1. The molecule has 15 heteroatoms. The van der Waals surface area contributed by atoms with Crippen LogP contribution in [0.4, 0.5) is 26.3 Å². The molecule has 1 saturated carbocycles. The molecular formula is C13H8F6O7S2. The first-order chi connectivity index (χ1) is 12.6. The van der Waals surface area contributed by atoms with Gasteiger partial charge in [-0.25, -0.2) is 0 Å². The van der Waals surface area contributed by atoms with Gasteiger partial charge in [0, 0.05) is 23.0 Å². The molecule has 0 heterocycles. The average molecular weight is 454 g/mol. The van der Waals surface area contributed by atoms with Crippen LogP contribution in [0.1, 0.15) is 35.8 Å². The van der Waals surface area contributed by atoms with Crippen molar-refractivity contribution in [1.82, 2.24) is 0 Å². The van der Waals surface area contributed by atoms with E-state index in [0.717, 1.165) is 0 Å². The Kier molecular flexibility index (Phi) is 4.42. The van der Waals surface area contributed by atoms with E-state index in [1.54, 1.807) is 0 Å². The van der Waals surface area contributed by atoms with Crippen molar-refractivity contribution in [2.45, 2.75) is 35.7 Å². The number of halogens is 6. The highest BCUT2D eigenvalue weighted by Crippen LogP contribution is 2.57. The summed E-state index contributed by atoms with van der Waals surface area (Å²) in [7, 11) is -12.3. The lowest BCUT2D eigenvalue weighted by molar-refractivity contribution is -0.119. The van der Waals surface area contributed by atoms with Crippen molar-refractivity contribution < 1.29 is 56.3 Å². The van der Waals surface area contributed by atoms with E-state index in [0.29, 0.717) is 12.1 Å². The van der Waals surface area contributed by atoms with Gasteiger partial charge in [-0.15, -0.1) is 0 Å². The fourth-order valence-corrected chi connectivity index (χ4v) is 4.18. The fourth-order valence-electron chi connectivity index (χ4n) is 3.23. The summed E-state index contributed by atoms with van der Waals surface area (Å²) < 4.78 is 128. The van der Waals surface area contributed by atoms with Gasteiger partial charge in [0.15, 0.2) is 0 Å². The van der Waals surface area contributed by atoms with Crippen molar-refractivity contribution in [1.29, 1.82) is 0 Å². The standard InChI is InChI=1S/C13H8F6O7S2/c14-12(15,16)27(21,22)25-7-3-4-8(26-28(23,24)13(17,18)19)10-6-2-1-5(9(7)10)11(6)20/h3-6H,1-2H2. The van der Waals surface area contributed by atoms with Gasteiger partial charge in [-0.05, 0) is 25.0 Å². The third-order valence-electron chi connectivity index (χ3n) is 4.30. The van der Waals surface area contributed by atoms with Crippen LogP contribution in [-0.4, -0.2) is 33.6 Å². The van der Waals surface area contributed by atoms with E-state index >= 15 is 0 Å². The highest BCUT2D eigenvalue weighted by molar-refractivity contribution is 7.88. The topological polar surface area (TPSA) is 104 Å². The van der Waals surface area contributed by atoms with E-state index in [4.69, 9.17) is 0 Å². The summed E-state index contributed by atoms with van der Waals surface area (Å²) in [6.45, 7) is 0. The molecular weight excluding hydrogens is 446 g/mol. The van der Waals surface area contributed by atoms with Crippen molar-refractivity contribution in [3.05, 3.63) is 23.3 Å². The Balaban J connectivity index is 2.13. The monoisotopic (exact) mass is 454 g/mol. The molecule has 0 radical (unpaired) electrons. The SMILES string of the molecule is O=C1C2CCC1c1c(OS(=O)(=O)C(F)(F)F)ccc(OS(=O)(=O)C(F)(F)F)c12. The number of carbonyl (C=O) groups is 1. The second kappa shape index (κ2) is 5.98. The van der Waals surface area contributed by atoms with Gasteiger partial charge in [-0.1, -0.05) is 0 Å². The van der Waals surface area contributed by atoms with Crippen LogP contribution in [0.5, 0.6) is 11.5 Å². The van der Waals surface area contributed by atoms with E-state index in [1.165, 1.54) is 0 Å². The molecule has 0 amide bonds. The van der Waals surface area contributed by atoms with Gasteiger partial charge in [0.1, 0.15) is 17.3 Å². The van der Waals surface area contributed by atoms with Crippen molar-refractivity contribution in [2.75, 3.05) is 0 Å². The maximum atomic E-state index is 12.6. The zero-order valence-corrected chi connectivity index (χ0v) is 14.8. The van der Waals surface area contributed by atoms with Crippen LogP contribution < -0.4 is 8.37 Å². The van der Waals surface area contributed by atoms with Crippen molar-refractivity contribution >= 4 is 26.0 Å². The Hall–Kier alpha value is -2.03. The van der Waals surface area contributed by atoms with Gasteiger partial charge in [-0.3, -0.25) is 4.79 Å². The molecule has 2 aliphatic carbocycles. The lowest BCUT2D eigenvalue weighted by Crippen LogP contribution is -2.29. The minimum absolute atomic E-state index is 0.0778. The average Bonchev–Trinajstić information content (AvgIpc) is 3.01. The molecule has 0 N–H and O–H groups in total. The minimum Gasteiger partial charge on any atom is -0.376 e. The molecule has 2 aliphatic rings. The molecule has 7 nitrogen and oxygen atoms in total. The van der Waals surface area contributed by atoms with E-state index in [1.807, 2.05) is 0 Å². The number of Topliss-reactive ketones (excluding diaryl/α,β-unsaturated/α-hetero) is 1. The van der Waals surface area contributed by atoms with Crippen LogP contribution >= 0.6 is 0 Å². The highest BCUT2D eigenvalue weighted by atomic mass is 32.2. The summed E-state index contributed by atoms with van der Waals surface area (Å²) in [5.74, 6) is -4.75. The number of hydrogen-bond donors (Lipinski definition) is 0. The van der Waals surface area contributed by atoms with Crippen LogP contribution in [0, 0.1) is 0 Å². The second-order valence-electron chi connectivity index (χ2n) is 5.94. The smallest absolute Gasteiger partial charge is 0.376 e. The molecule has 0 aromatic heterocycles. The third-order valence-corrected chi connectivity index (χ3v) is 6.23.